The molecule has 1 rings (SSSR count). The molecule has 0 bridgehead atoms. The molecule has 0 heterocycles. The van der Waals surface area contributed by atoms with E-state index in [-0.39, 0.29) is 5.97 Å². The smallest absolute Gasteiger partial charge is 0.337 e. The van der Waals surface area contributed by atoms with Crippen LogP contribution in [0, 0.1) is 6.92 Å². The van der Waals surface area contributed by atoms with Gasteiger partial charge in [0.2, 0.25) is 0 Å². The summed E-state index contributed by atoms with van der Waals surface area (Å²) >= 11 is 0. The molecule has 0 aliphatic carbocycles. The van der Waals surface area contributed by atoms with Gasteiger partial charge < -0.3 is 9.94 Å². The summed E-state index contributed by atoms with van der Waals surface area (Å²) in [5.74, 6) is -0.372. The van der Waals surface area contributed by atoms with Gasteiger partial charge in [0.15, 0.2) is 0 Å². The van der Waals surface area contributed by atoms with Crippen LogP contribution in [0.5, 0.6) is 0 Å². The summed E-state index contributed by atoms with van der Waals surface area (Å²) in [6.45, 7) is 3.54. The van der Waals surface area contributed by atoms with Crippen LogP contribution in [-0.4, -0.2) is 24.0 Å². The maximum Gasteiger partial charge on any atom is 0.337 e. The number of hydrogen-bond acceptors (Lipinski definition) is 4. The Labute approximate surface area is 88.2 Å². The SMILES string of the molecule is COC(=O)c1ccc(C(C)=NO)c(C)c1. The van der Waals surface area contributed by atoms with Gasteiger partial charge in [0.05, 0.1) is 18.4 Å². The molecular weight excluding hydrogens is 194 g/mol. The molecule has 1 aromatic carbocycles. The van der Waals surface area contributed by atoms with Crippen LogP contribution in [0.15, 0.2) is 23.4 Å². The number of ether oxygens (including phenoxy) is 1. The van der Waals surface area contributed by atoms with E-state index >= 15 is 0 Å². The first kappa shape index (κ1) is 11.2. The van der Waals surface area contributed by atoms with E-state index in [1.54, 1.807) is 25.1 Å². The number of carbonyl (C=O) groups is 1. The molecule has 0 aliphatic rings. The molecule has 1 N–H and O–H groups in total. The first-order chi connectivity index (χ1) is 7.10. The number of rotatable bonds is 2. The quantitative estimate of drug-likeness (QED) is 0.349. The minimum absolute atomic E-state index is 0.372. The van der Waals surface area contributed by atoms with Gasteiger partial charge in [-0.1, -0.05) is 11.2 Å². The summed E-state index contributed by atoms with van der Waals surface area (Å²) in [7, 11) is 1.34. The Kier molecular flexibility index (Phi) is 3.44. The Hall–Kier alpha value is -1.84. The minimum atomic E-state index is -0.372. The highest BCUT2D eigenvalue weighted by atomic mass is 16.5. The maximum atomic E-state index is 11.2. The number of carbonyl (C=O) groups excluding carboxylic acids is 1. The zero-order valence-corrected chi connectivity index (χ0v) is 8.94. The third kappa shape index (κ3) is 2.34. The molecule has 0 aromatic heterocycles. The number of oxime groups is 1. The highest BCUT2D eigenvalue weighted by Crippen LogP contribution is 2.13. The van der Waals surface area contributed by atoms with Crippen molar-refractivity contribution in [2.24, 2.45) is 5.16 Å². The van der Waals surface area contributed by atoms with Gasteiger partial charge in [-0.15, -0.1) is 0 Å². The summed E-state index contributed by atoms with van der Waals surface area (Å²) in [5, 5.41) is 11.7. The van der Waals surface area contributed by atoms with E-state index in [1.165, 1.54) is 7.11 Å². The Morgan fingerprint density at radius 2 is 2.13 bits per heavy atom. The van der Waals surface area contributed by atoms with Gasteiger partial charge in [-0.25, -0.2) is 4.79 Å². The number of nitrogens with zero attached hydrogens (tertiary/aromatic N) is 1. The third-order valence-corrected chi connectivity index (χ3v) is 2.19. The Bertz CT molecular complexity index is 410. The lowest BCUT2D eigenvalue weighted by molar-refractivity contribution is 0.0600. The Morgan fingerprint density at radius 1 is 1.47 bits per heavy atom. The number of benzene rings is 1. The van der Waals surface area contributed by atoms with E-state index in [2.05, 4.69) is 9.89 Å². The normalized spacial score (nSPS) is 11.3. The van der Waals surface area contributed by atoms with E-state index in [1.807, 2.05) is 6.92 Å². The molecule has 0 unspecified atom stereocenters. The van der Waals surface area contributed by atoms with Crippen LogP contribution in [0.1, 0.15) is 28.4 Å². The van der Waals surface area contributed by atoms with Crippen LogP contribution in [0.3, 0.4) is 0 Å². The van der Waals surface area contributed by atoms with Crippen molar-refractivity contribution in [2.75, 3.05) is 7.11 Å². The van der Waals surface area contributed by atoms with Crippen LogP contribution in [0.4, 0.5) is 0 Å². The van der Waals surface area contributed by atoms with Crippen LogP contribution in [0.25, 0.3) is 0 Å². The van der Waals surface area contributed by atoms with Crippen LogP contribution in [0.2, 0.25) is 0 Å². The molecule has 0 spiro atoms. The molecule has 0 radical (unpaired) electrons. The standard InChI is InChI=1S/C11H13NO3/c1-7-6-9(11(13)15-3)4-5-10(7)8(2)12-14/h4-6,14H,1-3H3. The van der Waals surface area contributed by atoms with Gasteiger partial charge in [-0.3, -0.25) is 0 Å². The fraction of sp³-hybridized carbons (Fsp3) is 0.273. The molecule has 4 heteroatoms. The minimum Gasteiger partial charge on any atom is -0.465 e. The van der Waals surface area contributed by atoms with Gasteiger partial charge in [0, 0.05) is 5.56 Å². The Morgan fingerprint density at radius 3 is 2.60 bits per heavy atom. The summed E-state index contributed by atoms with van der Waals surface area (Å²) in [5.41, 5.74) is 2.69. The molecule has 0 atom stereocenters. The van der Waals surface area contributed by atoms with Crippen LogP contribution >= 0.6 is 0 Å². The van der Waals surface area contributed by atoms with E-state index in [4.69, 9.17) is 5.21 Å². The van der Waals surface area contributed by atoms with E-state index in [0.717, 1.165) is 11.1 Å². The Balaban J connectivity index is 3.14. The van der Waals surface area contributed by atoms with Crippen molar-refractivity contribution < 1.29 is 14.7 Å². The largest absolute Gasteiger partial charge is 0.465 e. The fourth-order valence-corrected chi connectivity index (χ4v) is 1.37. The number of methoxy groups -OCH3 is 1. The predicted molar refractivity (Wildman–Crippen MR) is 56.5 cm³/mol. The van der Waals surface area contributed by atoms with E-state index < -0.39 is 0 Å². The zero-order valence-electron chi connectivity index (χ0n) is 8.94. The molecule has 15 heavy (non-hydrogen) atoms. The third-order valence-electron chi connectivity index (χ3n) is 2.19. The van der Waals surface area contributed by atoms with Gasteiger partial charge in [0.1, 0.15) is 0 Å². The van der Waals surface area contributed by atoms with Gasteiger partial charge in [-0.2, -0.15) is 0 Å². The van der Waals surface area contributed by atoms with Crippen molar-refractivity contribution in [3.05, 3.63) is 34.9 Å². The van der Waals surface area contributed by atoms with Crippen molar-refractivity contribution in [3.63, 3.8) is 0 Å². The molecular formula is C11H13NO3. The van der Waals surface area contributed by atoms with Crippen molar-refractivity contribution in [1.29, 1.82) is 0 Å². The number of aryl methyl sites for hydroxylation is 1. The maximum absolute atomic E-state index is 11.2. The summed E-state index contributed by atoms with van der Waals surface area (Å²) in [4.78, 5) is 11.2. The van der Waals surface area contributed by atoms with Crippen molar-refractivity contribution in [1.82, 2.24) is 0 Å². The van der Waals surface area contributed by atoms with Gasteiger partial charge in [-0.05, 0) is 31.5 Å². The molecule has 80 valence electrons. The fourth-order valence-electron chi connectivity index (χ4n) is 1.37. The van der Waals surface area contributed by atoms with Gasteiger partial charge >= 0.3 is 5.97 Å². The lowest BCUT2D eigenvalue weighted by Crippen LogP contribution is -2.04. The molecule has 0 saturated carbocycles. The molecule has 0 saturated heterocycles. The molecule has 4 nitrogen and oxygen atoms in total. The zero-order chi connectivity index (χ0) is 11.4. The molecule has 0 fully saturated rings. The predicted octanol–water partition coefficient (Wildman–Crippen LogP) is 1.98. The van der Waals surface area contributed by atoms with Crippen molar-refractivity contribution in [3.8, 4) is 0 Å². The highest BCUT2D eigenvalue weighted by Gasteiger charge is 2.08. The summed E-state index contributed by atoms with van der Waals surface area (Å²) in [6.07, 6.45) is 0. The second-order valence-electron chi connectivity index (χ2n) is 3.21. The van der Waals surface area contributed by atoms with Gasteiger partial charge in [0.25, 0.3) is 0 Å². The number of hydrogen-bond donors (Lipinski definition) is 1. The molecule has 0 aliphatic heterocycles. The number of esters is 1. The first-order valence-corrected chi connectivity index (χ1v) is 4.48. The lowest BCUT2D eigenvalue weighted by atomic mass is 10.0. The molecule has 0 amide bonds. The summed E-state index contributed by atoms with van der Waals surface area (Å²) < 4.78 is 4.60. The monoisotopic (exact) mass is 207 g/mol. The average Bonchev–Trinajstić information content (AvgIpc) is 2.26. The van der Waals surface area contributed by atoms with Crippen molar-refractivity contribution in [2.45, 2.75) is 13.8 Å². The average molecular weight is 207 g/mol. The van der Waals surface area contributed by atoms with E-state index in [9.17, 15) is 4.79 Å². The van der Waals surface area contributed by atoms with Crippen LogP contribution < -0.4 is 0 Å². The lowest BCUT2D eigenvalue weighted by Gasteiger charge is -2.05. The highest BCUT2D eigenvalue weighted by molar-refractivity contribution is 6.00. The topological polar surface area (TPSA) is 58.9 Å². The van der Waals surface area contributed by atoms with Crippen molar-refractivity contribution >= 4 is 11.7 Å². The van der Waals surface area contributed by atoms with E-state index in [0.29, 0.717) is 11.3 Å². The second kappa shape index (κ2) is 4.59. The van der Waals surface area contributed by atoms with Crippen LogP contribution in [-0.2, 0) is 4.74 Å². The summed E-state index contributed by atoms with van der Waals surface area (Å²) in [6, 6.07) is 5.08. The second-order valence-corrected chi connectivity index (χ2v) is 3.21. The first-order valence-electron chi connectivity index (χ1n) is 4.48. The molecule has 1 aromatic rings.